The van der Waals surface area contributed by atoms with Gasteiger partial charge < -0.3 is 9.72 Å². The molecule has 0 unspecified atom stereocenters. The van der Waals surface area contributed by atoms with E-state index in [-0.39, 0.29) is 0 Å². The highest BCUT2D eigenvalue weighted by Crippen LogP contribution is 2.23. The molecule has 19 heavy (non-hydrogen) atoms. The van der Waals surface area contributed by atoms with Crippen LogP contribution in [0, 0.1) is 0 Å². The maximum Gasteiger partial charge on any atom is 0.178 e. The lowest BCUT2D eigenvalue weighted by atomic mass is 10.2. The molecule has 0 amide bonds. The van der Waals surface area contributed by atoms with Crippen LogP contribution in [0.1, 0.15) is 5.56 Å². The van der Waals surface area contributed by atoms with Crippen LogP contribution in [0.2, 0.25) is 0 Å². The fourth-order valence-corrected chi connectivity index (χ4v) is 2.62. The number of aromatic amines is 1. The molecule has 3 aromatic rings. The van der Waals surface area contributed by atoms with Gasteiger partial charge in [0, 0.05) is 11.9 Å². The number of imidazole rings is 1. The van der Waals surface area contributed by atoms with Gasteiger partial charge in [-0.05, 0) is 29.8 Å². The molecule has 96 valence electrons. The van der Waals surface area contributed by atoms with Crippen molar-refractivity contribution < 1.29 is 4.74 Å². The van der Waals surface area contributed by atoms with E-state index in [0.717, 1.165) is 27.8 Å². The Labute approximate surface area is 115 Å². The predicted molar refractivity (Wildman–Crippen MR) is 76.4 cm³/mol. The largest absolute Gasteiger partial charge is 0.497 e. The molecule has 0 saturated heterocycles. The predicted octanol–water partition coefficient (Wildman–Crippen LogP) is 3.26. The highest BCUT2D eigenvalue weighted by atomic mass is 32.2. The van der Waals surface area contributed by atoms with Crippen molar-refractivity contribution in [2.45, 2.75) is 10.9 Å². The number of pyridine rings is 1. The van der Waals surface area contributed by atoms with Crippen LogP contribution in [0.15, 0.2) is 47.8 Å². The molecular weight excluding hydrogens is 258 g/mol. The third kappa shape index (κ3) is 2.71. The van der Waals surface area contributed by atoms with E-state index >= 15 is 0 Å². The van der Waals surface area contributed by atoms with E-state index in [2.05, 4.69) is 21.0 Å². The Balaban J connectivity index is 1.74. The average molecular weight is 271 g/mol. The lowest BCUT2D eigenvalue weighted by Crippen LogP contribution is -1.86. The summed E-state index contributed by atoms with van der Waals surface area (Å²) >= 11 is 1.66. The molecule has 5 heteroatoms. The normalized spacial score (nSPS) is 10.8. The molecule has 1 aromatic carbocycles. The molecule has 2 heterocycles. The van der Waals surface area contributed by atoms with Crippen LogP contribution in [0.4, 0.5) is 0 Å². The van der Waals surface area contributed by atoms with Gasteiger partial charge in [0.15, 0.2) is 10.8 Å². The van der Waals surface area contributed by atoms with Gasteiger partial charge >= 0.3 is 0 Å². The standard InChI is InChI=1S/C14H13N3OS/c1-18-11-5-2-4-10(8-11)9-19-14-16-12-6-3-7-15-13(12)17-14/h2-8H,9H2,1H3,(H,15,16,17). The Morgan fingerprint density at radius 3 is 3.05 bits per heavy atom. The number of hydrogen-bond acceptors (Lipinski definition) is 4. The number of ether oxygens (including phenoxy) is 1. The van der Waals surface area contributed by atoms with Crippen LogP contribution in [-0.2, 0) is 5.75 Å². The molecule has 0 spiro atoms. The van der Waals surface area contributed by atoms with Gasteiger partial charge in [-0.3, -0.25) is 0 Å². The molecule has 0 aliphatic carbocycles. The summed E-state index contributed by atoms with van der Waals surface area (Å²) in [4.78, 5) is 11.9. The summed E-state index contributed by atoms with van der Waals surface area (Å²) in [7, 11) is 1.68. The Hall–Kier alpha value is -2.01. The first-order chi connectivity index (χ1) is 9.35. The van der Waals surface area contributed by atoms with E-state index in [1.165, 1.54) is 5.56 Å². The fraction of sp³-hybridized carbons (Fsp3) is 0.143. The summed E-state index contributed by atoms with van der Waals surface area (Å²) in [5, 5.41) is 0.886. The topological polar surface area (TPSA) is 50.8 Å². The summed E-state index contributed by atoms with van der Waals surface area (Å²) in [6.45, 7) is 0. The number of rotatable bonds is 4. The first-order valence-electron chi connectivity index (χ1n) is 5.91. The minimum Gasteiger partial charge on any atom is -0.497 e. The lowest BCUT2D eigenvalue weighted by molar-refractivity contribution is 0.414. The zero-order valence-corrected chi connectivity index (χ0v) is 11.3. The summed E-state index contributed by atoms with van der Waals surface area (Å²) in [5.41, 5.74) is 2.93. The Bertz CT molecular complexity index is 663. The first kappa shape index (κ1) is 12.0. The number of benzene rings is 1. The number of H-pyrrole nitrogens is 1. The van der Waals surface area contributed by atoms with Gasteiger partial charge in [0.25, 0.3) is 0 Å². The van der Waals surface area contributed by atoms with Gasteiger partial charge in [-0.25, -0.2) is 9.97 Å². The molecule has 4 nitrogen and oxygen atoms in total. The van der Waals surface area contributed by atoms with E-state index in [4.69, 9.17) is 4.74 Å². The highest BCUT2D eigenvalue weighted by Gasteiger charge is 2.04. The number of aromatic nitrogens is 3. The van der Waals surface area contributed by atoms with Gasteiger partial charge in [-0.1, -0.05) is 23.9 Å². The van der Waals surface area contributed by atoms with E-state index in [1.54, 1.807) is 25.1 Å². The zero-order chi connectivity index (χ0) is 13.1. The Kier molecular flexibility index (Phi) is 3.37. The number of fused-ring (bicyclic) bond motifs is 1. The third-order valence-corrected chi connectivity index (χ3v) is 3.69. The SMILES string of the molecule is COc1cccc(CSc2nc3ncccc3[nH]2)c1. The second kappa shape index (κ2) is 5.32. The summed E-state index contributed by atoms with van der Waals surface area (Å²) in [6.07, 6.45) is 1.75. The number of nitrogens with zero attached hydrogens (tertiary/aromatic N) is 2. The van der Waals surface area contributed by atoms with Crippen LogP contribution in [0.5, 0.6) is 5.75 Å². The molecule has 0 fully saturated rings. The van der Waals surface area contributed by atoms with Crippen molar-refractivity contribution in [3.05, 3.63) is 48.2 Å². The van der Waals surface area contributed by atoms with Gasteiger partial charge in [-0.2, -0.15) is 0 Å². The minimum atomic E-state index is 0.760. The average Bonchev–Trinajstić information content (AvgIpc) is 2.88. The van der Waals surface area contributed by atoms with E-state index < -0.39 is 0 Å². The van der Waals surface area contributed by atoms with Gasteiger partial charge in [0.05, 0.1) is 12.6 Å². The van der Waals surface area contributed by atoms with E-state index in [1.807, 2.05) is 30.3 Å². The molecule has 0 aliphatic heterocycles. The Morgan fingerprint density at radius 1 is 1.26 bits per heavy atom. The van der Waals surface area contributed by atoms with Crippen molar-refractivity contribution in [1.29, 1.82) is 0 Å². The van der Waals surface area contributed by atoms with Crippen molar-refractivity contribution in [3.8, 4) is 5.75 Å². The summed E-state index contributed by atoms with van der Waals surface area (Å²) in [5.74, 6) is 1.72. The lowest BCUT2D eigenvalue weighted by Gasteiger charge is -2.02. The second-order valence-electron chi connectivity index (χ2n) is 4.06. The van der Waals surface area contributed by atoms with Crippen LogP contribution in [0.3, 0.4) is 0 Å². The third-order valence-electron chi connectivity index (χ3n) is 2.75. The molecule has 0 radical (unpaired) electrons. The van der Waals surface area contributed by atoms with Gasteiger partial charge in [0.1, 0.15) is 5.75 Å². The van der Waals surface area contributed by atoms with Crippen LogP contribution in [-0.4, -0.2) is 22.1 Å². The number of thioether (sulfide) groups is 1. The van der Waals surface area contributed by atoms with Crippen LogP contribution < -0.4 is 4.74 Å². The van der Waals surface area contributed by atoms with Crippen LogP contribution >= 0.6 is 11.8 Å². The monoisotopic (exact) mass is 271 g/mol. The fourth-order valence-electron chi connectivity index (χ4n) is 1.81. The number of methoxy groups -OCH3 is 1. The van der Waals surface area contributed by atoms with Crippen molar-refractivity contribution in [2.75, 3.05) is 7.11 Å². The minimum absolute atomic E-state index is 0.760. The second-order valence-corrected chi connectivity index (χ2v) is 5.02. The van der Waals surface area contributed by atoms with Crippen molar-refractivity contribution >= 4 is 22.9 Å². The quantitative estimate of drug-likeness (QED) is 0.740. The van der Waals surface area contributed by atoms with Gasteiger partial charge in [0.2, 0.25) is 0 Å². The molecule has 2 aromatic heterocycles. The number of nitrogens with one attached hydrogen (secondary N) is 1. The molecule has 0 aliphatic rings. The Morgan fingerprint density at radius 2 is 2.21 bits per heavy atom. The van der Waals surface area contributed by atoms with Crippen LogP contribution in [0.25, 0.3) is 11.2 Å². The number of hydrogen-bond donors (Lipinski definition) is 1. The van der Waals surface area contributed by atoms with Crippen molar-refractivity contribution in [1.82, 2.24) is 15.0 Å². The van der Waals surface area contributed by atoms with E-state index in [0.29, 0.717) is 0 Å². The molecule has 0 saturated carbocycles. The summed E-state index contributed by atoms with van der Waals surface area (Å²) in [6, 6.07) is 11.9. The smallest absolute Gasteiger partial charge is 0.178 e. The highest BCUT2D eigenvalue weighted by molar-refractivity contribution is 7.98. The first-order valence-corrected chi connectivity index (χ1v) is 6.90. The summed E-state index contributed by atoms with van der Waals surface area (Å²) < 4.78 is 5.21. The molecule has 3 rings (SSSR count). The van der Waals surface area contributed by atoms with Gasteiger partial charge in [-0.15, -0.1) is 0 Å². The maximum absolute atomic E-state index is 5.21. The zero-order valence-electron chi connectivity index (χ0n) is 10.5. The molecule has 0 atom stereocenters. The van der Waals surface area contributed by atoms with Crippen molar-refractivity contribution in [3.63, 3.8) is 0 Å². The molecule has 0 bridgehead atoms. The molecular formula is C14H13N3OS. The van der Waals surface area contributed by atoms with E-state index in [9.17, 15) is 0 Å². The maximum atomic E-state index is 5.21. The molecule has 1 N–H and O–H groups in total. The van der Waals surface area contributed by atoms with Crippen molar-refractivity contribution in [2.24, 2.45) is 0 Å².